The van der Waals surface area contributed by atoms with Crippen molar-refractivity contribution in [2.75, 3.05) is 7.11 Å². The van der Waals surface area contributed by atoms with Gasteiger partial charge in [-0.3, -0.25) is 9.79 Å². The van der Waals surface area contributed by atoms with Crippen molar-refractivity contribution in [1.82, 2.24) is 0 Å². The number of fused-ring (bicyclic) bond motifs is 1. The number of carboxylic acids is 1. The van der Waals surface area contributed by atoms with Gasteiger partial charge in [0, 0.05) is 11.1 Å². The van der Waals surface area contributed by atoms with Crippen molar-refractivity contribution >= 4 is 17.5 Å². The quantitative estimate of drug-likeness (QED) is 0.810. The molecule has 1 aliphatic rings. The summed E-state index contributed by atoms with van der Waals surface area (Å²) < 4.78 is 5.39. The minimum absolute atomic E-state index is 0.0881. The molecule has 0 amide bonds. The van der Waals surface area contributed by atoms with Crippen LogP contribution >= 0.6 is 0 Å². The number of hydrogen-bond donors (Lipinski definition) is 1. The monoisotopic (exact) mass is 365 g/mol. The number of methoxy groups -OCH3 is 1. The number of aryl methyl sites for hydroxylation is 1. The Bertz CT molecular complexity index is 940. The zero-order valence-corrected chi connectivity index (χ0v) is 16.0. The van der Waals surface area contributed by atoms with Crippen molar-refractivity contribution in [2.24, 2.45) is 4.99 Å². The standard InChI is InChI=1S/C22H23NO4/c1-13-9-16(27-4)10-17-18(13)12-22(2,3)23-19(17)11-20(24)14-5-7-15(8-6-14)21(25)26/h5-10H,11-12H2,1-4H3,(H,25,26). The molecule has 1 N–H and O–H groups in total. The average molecular weight is 365 g/mol. The Kier molecular flexibility index (Phi) is 4.87. The van der Waals surface area contributed by atoms with Gasteiger partial charge < -0.3 is 9.84 Å². The molecule has 0 radical (unpaired) electrons. The van der Waals surface area contributed by atoms with Crippen molar-refractivity contribution in [3.05, 3.63) is 64.2 Å². The van der Waals surface area contributed by atoms with E-state index in [0.717, 1.165) is 29.0 Å². The molecule has 0 aromatic heterocycles. The first-order chi connectivity index (χ1) is 12.7. The van der Waals surface area contributed by atoms with Crippen LogP contribution in [0.25, 0.3) is 0 Å². The van der Waals surface area contributed by atoms with Gasteiger partial charge in [-0.05, 0) is 62.6 Å². The second-order valence-electron chi connectivity index (χ2n) is 7.50. The third kappa shape index (κ3) is 3.92. The summed E-state index contributed by atoms with van der Waals surface area (Å²) in [4.78, 5) is 28.6. The minimum atomic E-state index is -1.01. The van der Waals surface area contributed by atoms with Crippen LogP contribution in [0.1, 0.15) is 57.7 Å². The second kappa shape index (κ2) is 6.99. The molecule has 5 nitrogen and oxygen atoms in total. The summed E-state index contributed by atoms with van der Waals surface area (Å²) in [6.45, 7) is 6.17. The molecule has 2 aromatic carbocycles. The summed E-state index contributed by atoms with van der Waals surface area (Å²) in [5, 5.41) is 9.00. The average Bonchev–Trinajstić information content (AvgIpc) is 2.61. The third-order valence-electron chi connectivity index (χ3n) is 4.82. The lowest BCUT2D eigenvalue weighted by molar-refractivity contribution is 0.0696. The van der Waals surface area contributed by atoms with Crippen LogP contribution < -0.4 is 4.74 Å². The van der Waals surface area contributed by atoms with Crippen molar-refractivity contribution in [2.45, 2.75) is 39.2 Å². The van der Waals surface area contributed by atoms with Gasteiger partial charge in [-0.2, -0.15) is 0 Å². The number of Topliss-reactive ketones (excluding diaryl/α,β-unsaturated/α-hetero) is 1. The van der Waals surface area contributed by atoms with Crippen LogP contribution in [-0.4, -0.2) is 35.2 Å². The molecule has 2 aromatic rings. The zero-order valence-electron chi connectivity index (χ0n) is 16.0. The number of benzene rings is 2. The molecule has 0 fully saturated rings. The van der Waals surface area contributed by atoms with Crippen LogP contribution in [0.3, 0.4) is 0 Å². The molecule has 3 rings (SSSR count). The Labute approximate surface area is 158 Å². The number of ketones is 1. The number of carboxylic acid groups (broad SMARTS) is 1. The van der Waals surface area contributed by atoms with Gasteiger partial charge in [0.25, 0.3) is 0 Å². The summed E-state index contributed by atoms with van der Waals surface area (Å²) in [7, 11) is 1.62. The summed E-state index contributed by atoms with van der Waals surface area (Å²) >= 11 is 0. The second-order valence-corrected chi connectivity index (χ2v) is 7.50. The molecular formula is C22H23NO4. The third-order valence-corrected chi connectivity index (χ3v) is 4.82. The van der Waals surface area contributed by atoms with Gasteiger partial charge in [0.2, 0.25) is 0 Å². The molecule has 0 spiro atoms. The van der Waals surface area contributed by atoms with Gasteiger partial charge in [-0.25, -0.2) is 4.79 Å². The predicted molar refractivity (Wildman–Crippen MR) is 104 cm³/mol. The van der Waals surface area contributed by atoms with E-state index in [1.54, 1.807) is 19.2 Å². The van der Waals surface area contributed by atoms with E-state index < -0.39 is 5.97 Å². The van der Waals surface area contributed by atoms with E-state index in [0.29, 0.717) is 5.56 Å². The van der Waals surface area contributed by atoms with Crippen LogP contribution in [0.5, 0.6) is 5.75 Å². The fourth-order valence-corrected chi connectivity index (χ4v) is 3.48. The van der Waals surface area contributed by atoms with Gasteiger partial charge in [0.05, 0.1) is 30.3 Å². The van der Waals surface area contributed by atoms with Crippen LogP contribution in [0, 0.1) is 6.92 Å². The predicted octanol–water partition coefficient (Wildman–Crippen LogP) is 4.10. The van der Waals surface area contributed by atoms with Gasteiger partial charge >= 0.3 is 5.97 Å². The van der Waals surface area contributed by atoms with Gasteiger partial charge in [0.1, 0.15) is 5.75 Å². The first-order valence-corrected chi connectivity index (χ1v) is 8.83. The molecule has 1 aliphatic heterocycles. The van der Waals surface area contributed by atoms with Crippen LogP contribution in [0.2, 0.25) is 0 Å². The lowest BCUT2D eigenvalue weighted by Crippen LogP contribution is -2.30. The first-order valence-electron chi connectivity index (χ1n) is 8.83. The van der Waals surface area contributed by atoms with E-state index in [-0.39, 0.29) is 23.3 Å². The lowest BCUT2D eigenvalue weighted by atomic mass is 9.83. The normalized spacial score (nSPS) is 14.9. The molecule has 0 saturated carbocycles. The van der Waals surface area contributed by atoms with E-state index in [1.165, 1.54) is 17.7 Å². The summed E-state index contributed by atoms with van der Waals surface area (Å²) in [6.07, 6.45) is 0.971. The molecule has 1 heterocycles. The highest BCUT2D eigenvalue weighted by molar-refractivity contribution is 6.17. The Morgan fingerprint density at radius 1 is 1.15 bits per heavy atom. The molecule has 0 atom stereocenters. The topological polar surface area (TPSA) is 76.0 Å². The van der Waals surface area contributed by atoms with Crippen molar-refractivity contribution in [1.29, 1.82) is 0 Å². The van der Waals surface area contributed by atoms with Gasteiger partial charge in [-0.1, -0.05) is 12.1 Å². The molecule has 27 heavy (non-hydrogen) atoms. The Morgan fingerprint density at radius 3 is 2.37 bits per heavy atom. The van der Waals surface area contributed by atoms with Gasteiger partial charge in [-0.15, -0.1) is 0 Å². The lowest BCUT2D eigenvalue weighted by Gasteiger charge is -2.30. The molecule has 0 aliphatic carbocycles. The number of aromatic carboxylic acids is 1. The maximum absolute atomic E-state index is 12.8. The maximum Gasteiger partial charge on any atom is 0.335 e. The molecule has 0 unspecified atom stereocenters. The van der Waals surface area contributed by atoms with Crippen LogP contribution in [-0.2, 0) is 6.42 Å². The number of ether oxygens (including phenoxy) is 1. The minimum Gasteiger partial charge on any atom is -0.497 e. The number of aliphatic imine (C=N–C) groups is 1. The Morgan fingerprint density at radius 2 is 1.78 bits per heavy atom. The van der Waals surface area contributed by atoms with Crippen LogP contribution in [0.15, 0.2) is 41.4 Å². The van der Waals surface area contributed by atoms with Crippen molar-refractivity contribution in [3.63, 3.8) is 0 Å². The van der Waals surface area contributed by atoms with E-state index in [1.807, 2.05) is 19.1 Å². The van der Waals surface area contributed by atoms with E-state index >= 15 is 0 Å². The largest absolute Gasteiger partial charge is 0.497 e. The highest BCUT2D eigenvalue weighted by Crippen LogP contribution is 2.33. The first kappa shape index (κ1) is 18.8. The molecule has 0 bridgehead atoms. The highest BCUT2D eigenvalue weighted by atomic mass is 16.5. The SMILES string of the molecule is COc1cc(C)c2c(c1)C(CC(=O)c1ccc(C(=O)O)cc1)=NC(C)(C)C2. The summed E-state index contributed by atoms with van der Waals surface area (Å²) in [6, 6.07) is 9.95. The maximum atomic E-state index is 12.8. The molecule has 5 heteroatoms. The fraction of sp³-hybridized carbons (Fsp3) is 0.318. The summed E-state index contributed by atoms with van der Waals surface area (Å²) in [5.74, 6) is -0.351. The van der Waals surface area contributed by atoms with Gasteiger partial charge in [0.15, 0.2) is 5.78 Å². The number of carbonyl (C=O) groups is 2. The fourth-order valence-electron chi connectivity index (χ4n) is 3.48. The van der Waals surface area contributed by atoms with Crippen molar-refractivity contribution < 1.29 is 19.4 Å². The highest BCUT2D eigenvalue weighted by Gasteiger charge is 2.29. The number of hydrogen-bond acceptors (Lipinski definition) is 4. The number of rotatable bonds is 5. The molecule has 0 saturated heterocycles. The smallest absolute Gasteiger partial charge is 0.335 e. The molecular weight excluding hydrogens is 342 g/mol. The Balaban J connectivity index is 1.96. The number of nitrogens with zero attached hydrogens (tertiary/aromatic N) is 1. The van der Waals surface area contributed by atoms with Crippen LogP contribution in [0.4, 0.5) is 0 Å². The zero-order chi connectivity index (χ0) is 19.8. The Hall–Kier alpha value is -2.95. The van der Waals surface area contributed by atoms with E-state index in [9.17, 15) is 9.59 Å². The van der Waals surface area contributed by atoms with Crippen molar-refractivity contribution in [3.8, 4) is 5.75 Å². The van der Waals surface area contributed by atoms with E-state index in [2.05, 4.69) is 13.8 Å². The molecule has 140 valence electrons. The number of carbonyl (C=O) groups excluding carboxylic acids is 1. The summed E-state index contributed by atoms with van der Waals surface area (Å²) in [5.41, 5.74) is 4.38. The van der Waals surface area contributed by atoms with E-state index in [4.69, 9.17) is 14.8 Å².